The molecule has 1 aliphatic heterocycles. The van der Waals surface area contributed by atoms with Crippen LogP contribution in [0.4, 0.5) is 0 Å². The monoisotopic (exact) mass is 377 g/mol. The van der Waals surface area contributed by atoms with E-state index in [1.165, 1.54) is 18.7 Å². The number of imidazole rings is 2. The Kier molecular flexibility index (Phi) is 5.55. The fraction of sp³-hybridized carbons (Fsp3) is 0.409. The maximum atomic E-state index is 12.9. The number of hydrogen-bond acceptors (Lipinski definition) is 3. The van der Waals surface area contributed by atoms with Crippen molar-refractivity contribution in [3.05, 3.63) is 66.8 Å². The molecule has 28 heavy (non-hydrogen) atoms. The minimum atomic E-state index is 0.116. The van der Waals surface area contributed by atoms with Crippen LogP contribution in [0.2, 0.25) is 0 Å². The molecule has 3 aromatic rings. The van der Waals surface area contributed by atoms with Crippen molar-refractivity contribution >= 4 is 5.91 Å². The lowest BCUT2D eigenvalue weighted by molar-refractivity contribution is 0.0710. The molecule has 1 aromatic carbocycles. The third-order valence-corrected chi connectivity index (χ3v) is 5.56. The molecule has 6 heteroatoms. The van der Waals surface area contributed by atoms with Crippen molar-refractivity contribution in [2.24, 2.45) is 0 Å². The van der Waals surface area contributed by atoms with E-state index in [0.29, 0.717) is 5.92 Å². The highest BCUT2D eigenvalue weighted by Gasteiger charge is 2.26. The highest BCUT2D eigenvalue weighted by Crippen LogP contribution is 2.28. The average Bonchev–Trinajstić information content (AvgIpc) is 3.44. The van der Waals surface area contributed by atoms with Gasteiger partial charge in [0.05, 0.1) is 6.33 Å². The second-order valence-electron chi connectivity index (χ2n) is 7.42. The summed E-state index contributed by atoms with van der Waals surface area (Å²) in [5.41, 5.74) is 1.75. The van der Waals surface area contributed by atoms with Crippen LogP contribution in [0.5, 0.6) is 0 Å². The van der Waals surface area contributed by atoms with Crippen molar-refractivity contribution in [3.63, 3.8) is 0 Å². The summed E-state index contributed by atoms with van der Waals surface area (Å²) in [7, 11) is 0. The lowest BCUT2D eigenvalue weighted by Gasteiger charge is -2.32. The summed E-state index contributed by atoms with van der Waals surface area (Å²) in [6.07, 6.45) is 13.7. The van der Waals surface area contributed by atoms with Gasteiger partial charge in [0.2, 0.25) is 0 Å². The minimum absolute atomic E-state index is 0.116. The zero-order valence-corrected chi connectivity index (χ0v) is 16.4. The van der Waals surface area contributed by atoms with Gasteiger partial charge in [0, 0.05) is 61.6 Å². The van der Waals surface area contributed by atoms with Gasteiger partial charge in [0.1, 0.15) is 5.82 Å². The first-order valence-electron chi connectivity index (χ1n) is 10.1. The molecule has 1 fully saturated rings. The van der Waals surface area contributed by atoms with Gasteiger partial charge in [0.25, 0.3) is 5.91 Å². The Bertz CT molecular complexity index is 889. The van der Waals surface area contributed by atoms with Gasteiger partial charge in [-0.25, -0.2) is 9.97 Å². The van der Waals surface area contributed by atoms with E-state index in [2.05, 4.69) is 27.7 Å². The molecule has 3 heterocycles. The van der Waals surface area contributed by atoms with Crippen LogP contribution in [-0.2, 0) is 6.54 Å². The molecule has 1 amide bonds. The van der Waals surface area contributed by atoms with E-state index in [9.17, 15) is 4.79 Å². The van der Waals surface area contributed by atoms with E-state index in [-0.39, 0.29) is 5.91 Å². The molecule has 0 spiro atoms. The van der Waals surface area contributed by atoms with Crippen LogP contribution in [-0.4, -0.2) is 43.0 Å². The molecule has 0 unspecified atom stereocenters. The Morgan fingerprint density at radius 2 is 1.89 bits per heavy atom. The van der Waals surface area contributed by atoms with Gasteiger partial charge in [0.15, 0.2) is 0 Å². The molecule has 2 aromatic heterocycles. The van der Waals surface area contributed by atoms with E-state index in [0.717, 1.165) is 43.7 Å². The number of unbranched alkanes of at least 4 members (excludes halogenated alkanes) is 1. The molecule has 0 N–H and O–H groups in total. The van der Waals surface area contributed by atoms with Gasteiger partial charge in [-0.2, -0.15) is 0 Å². The smallest absolute Gasteiger partial charge is 0.253 e. The number of hydrogen-bond donors (Lipinski definition) is 0. The summed E-state index contributed by atoms with van der Waals surface area (Å²) in [6.45, 7) is 4.82. The van der Waals surface area contributed by atoms with Crippen LogP contribution >= 0.6 is 0 Å². The summed E-state index contributed by atoms with van der Waals surface area (Å²) >= 11 is 0. The van der Waals surface area contributed by atoms with Crippen molar-refractivity contribution in [3.8, 4) is 5.69 Å². The van der Waals surface area contributed by atoms with Crippen LogP contribution in [0.3, 0.4) is 0 Å². The van der Waals surface area contributed by atoms with Crippen LogP contribution < -0.4 is 0 Å². The van der Waals surface area contributed by atoms with Gasteiger partial charge >= 0.3 is 0 Å². The lowest BCUT2D eigenvalue weighted by Crippen LogP contribution is -2.38. The van der Waals surface area contributed by atoms with Crippen LogP contribution in [0, 0.1) is 0 Å². The van der Waals surface area contributed by atoms with Crippen molar-refractivity contribution in [2.75, 3.05) is 13.1 Å². The molecule has 0 bridgehead atoms. The van der Waals surface area contributed by atoms with Crippen molar-refractivity contribution in [1.29, 1.82) is 0 Å². The van der Waals surface area contributed by atoms with Gasteiger partial charge in [-0.3, -0.25) is 4.79 Å². The van der Waals surface area contributed by atoms with Crippen molar-refractivity contribution < 1.29 is 4.79 Å². The van der Waals surface area contributed by atoms with Gasteiger partial charge in [-0.15, -0.1) is 0 Å². The van der Waals surface area contributed by atoms with Crippen LogP contribution in [0.1, 0.15) is 54.7 Å². The van der Waals surface area contributed by atoms with E-state index in [4.69, 9.17) is 0 Å². The maximum Gasteiger partial charge on any atom is 0.253 e. The second-order valence-corrected chi connectivity index (χ2v) is 7.42. The molecular weight excluding hydrogens is 350 g/mol. The summed E-state index contributed by atoms with van der Waals surface area (Å²) in [5, 5.41) is 0. The number of amides is 1. The molecule has 0 atom stereocenters. The van der Waals surface area contributed by atoms with E-state index in [1.807, 2.05) is 46.1 Å². The maximum absolute atomic E-state index is 12.9. The first-order valence-corrected chi connectivity index (χ1v) is 10.1. The quantitative estimate of drug-likeness (QED) is 0.655. The SMILES string of the molecule is CCCCn1ccnc1C1CCN(C(=O)c2ccc(-n3ccnc3)cc2)CC1. The number of nitrogens with zero attached hydrogens (tertiary/aromatic N) is 5. The molecule has 0 radical (unpaired) electrons. The molecule has 0 aliphatic carbocycles. The largest absolute Gasteiger partial charge is 0.339 e. The standard InChI is InChI=1S/C22H27N5O/c1-2-3-12-25-16-11-24-21(25)18-8-13-26(14-9-18)22(28)19-4-6-20(7-5-19)27-15-10-23-17-27/h4-7,10-11,15-18H,2-3,8-9,12-14H2,1H3. The second kappa shape index (κ2) is 8.42. The van der Waals surface area contributed by atoms with E-state index < -0.39 is 0 Å². The summed E-state index contributed by atoms with van der Waals surface area (Å²) in [6, 6.07) is 7.74. The summed E-state index contributed by atoms with van der Waals surface area (Å²) in [4.78, 5) is 23.5. The number of carbonyl (C=O) groups excluding carboxylic acids is 1. The van der Waals surface area contributed by atoms with Crippen LogP contribution in [0.25, 0.3) is 5.69 Å². The van der Waals surface area contributed by atoms with E-state index in [1.54, 1.807) is 12.5 Å². The number of carbonyl (C=O) groups is 1. The van der Waals surface area contributed by atoms with Crippen molar-refractivity contribution in [1.82, 2.24) is 24.0 Å². The van der Waals surface area contributed by atoms with Crippen LogP contribution in [0.15, 0.2) is 55.4 Å². The Labute approximate surface area is 165 Å². The highest BCUT2D eigenvalue weighted by molar-refractivity contribution is 5.94. The third kappa shape index (κ3) is 3.86. The van der Waals surface area contributed by atoms with Gasteiger partial charge < -0.3 is 14.0 Å². The predicted octanol–water partition coefficient (Wildman–Crippen LogP) is 3.89. The molecule has 1 saturated heterocycles. The minimum Gasteiger partial charge on any atom is -0.339 e. The highest BCUT2D eigenvalue weighted by atomic mass is 16.2. The summed E-state index contributed by atoms with van der Waals surface area (Å²) in [5.74, 6) is 1.75. The topological polar surface area (TPSA) is 56.0 Å². The Morgan fingerprint density at radius 1 is 1.11 bits per heavy atom. The Hall–Kier alpha value is -2.89. The third-order valence-electron chi connectivity index (χ3n) is 5.56. The number of aromatic nitrogens is 4. The number of rotatable bonds is 6. The number of piperidine rings is 1. The first-order chi connectivity index (χ1) is 13.8. The Balaban J connectivity index is 1.37. The first kappa shape index (κ1) is 18.5. The zero-order valence-electron chi connectivity index (χ0n) is 16.4. The zero-order chi connectivity index (χ0) is 19.3. The Morgan fingerprint density at radius 3 is 2.57 bits per heavy atom. The fourth-order valence-electron chi connectivity index (χ4n) is 3.91. The molecule has 1 aliphatic rings. The average molecular weight is 377 g/mol. The van der Waals surface area contributed by atoms with Gasteiger partial charge in [-0.05, 0) is 43.5 Å². The number of likely N-dealkylation sites (tertiary alicyclic amines) is 1. The normalized spacial score (nSPS) is 15.1. The lowest BCUT2D eigenvalue weighted by atomic mass is 9.95. The fourth-order valence-corrected chi connectivity index (χ4v) is 3.91. The molecule has 6 nitrogen and oxygen atoms in total. The number of benzene rings is 1. The predicted molar refractivity (Wildman–Crippen MR) is 109 cm³/mol. The summed E-state index contributed by atoms with van der Waals surface area (Å²) < 4.78 is 4.22. The molecule has 0 saturated carbocycles. The van der Waals surface area contributed by atoms with Crippen molar-refractivity contribution in [2.45, 2.75) is 45.1 Å². The number of aryl methyl sites for hydroxylation is 1. The van der Waals surface area contributed by atoms with Gasteiger partial charge in [-0.1, -0.05) is 13.3 Å². The van der Waals surface area contributed by atoms with E-state index >= 15 is 0 Å². The molecule has 146 valence electrons. The molecule has 4 rings (SSSR count). The molecular formula is C22H27N5O.